The third-order valence-corrected chi connectivity index (χ3v) is 3.90. The van der Waals surface area contributed by atoms with E-state index in [1.54, 1.807) is 0 Å². The van der Waals surface area contributed by atoms with E-state index < -0.39 is 0 Å². The third-order valence-electron chi connectivity index (χ3n) is 3.53. The van der Waals surface area contributed by atoms with E-state index in [1.807, 2.05) is 24.3 Å². The van der Waals surface area contributed by atoms with Gasteiger partial charge in [-0.1, -0.05) is 29.8 Å². The Balaban J connectivity index is 1.74. The summed E-state index contributed by atoms with van der Waals surface area (Å²) in [6.07, 6.45) is 3.10. The molecule has 1 aliphatic carbocycles. The van der Waals surface area contributed by atoms with Crippen molar-refractivity contribution in [2.45, 2.75) is 25.7 Å². The van der Waals surface area contributed by atoms with Gasteiger partial charge in [0.2, 0.25) is 5.91 Å². The number of rotatable bonds is 6. The highest BCUT2D eigenvalue weighted by atomic mass is 35.5. The zero-order valence-corrected chi connectivity index (χ0v) is 11.0. The van der Waals surface area contributed by atoms with Gasteiger partial charge in [-0.2, -0.15) is 0 Å². The maximum Gasteiger partial charge on any atom is 0.220 e. The van der Waals surface area contributed by atoms with Gasteiger partial charge in [0.25, 0.3) is 0 Å². The predicted octanol–water partition coefficient (Wildman–Crippen LogP) is 2.16. The Labute approximate surface area is 112 Å². The molecule has 0 bridgehead atoms. The second-order valence-electron chi connectivity index (χ2n) is 5.03. The molecule has 2 rings (SSSR count). The molecule has 4 heteroatoms. The summed E-state index contributed by atoms with van der Waals surface area (Å²) in [5.74, 6) is 0.0228. The molecule has 0 radical (unpaired) electrons. The van der Waals surface area contributed by atoms with Gasteiger partial charge in [-0.05, 0) is 30.9 Å². The molecular formula is C14H18ClNO2. The Morgan fingerprint density at radius 1 is 1.39 bits per heavy atom. The van der Waals surface area contributed by atoms with Crippen LogP contribution in [0.3, 0.4) is 0 Å². The Hall–Kier alpha value is -1.06. The number of carbonyl (C=O) groups is 1. The monoisotopic (exact) mass is 267 g/mol. The Kier molecular flexibility index (Phi) is 4.25. The molecule has 18 heavy (non-hydrogen) atoms. The Bertz CT molecular complexity index is 430. The van der Waals surface area contributed by atoms with Crippen molar-refractivity contribution in [1.29, 1.82) is 0 Å². The highest BCUT2D eigenvalue weighted by Crippen LogP contribution is 2.44. The second kappa shape index (κ2) is 5.72. The van der Waals surface area contributed by atoms with Crippen LogP contribution in [-0.2, 0) is 11.2 Å². The summed E-state index contributed by atoms with van der Waals surface area (Å²) < 4.78 is 0. The van der Waals surface area contributed by atoms with Crippen molar-refractivity contribution in [3.63, 3.8) is 0 Å². The van der Waals surface area contributed by atoms with Gasteiger partial charge < -0.3 is 10.4 Å². The summed E-state index contributed by atoms with van der Waals surface area (Å²) in [5.41, 5.74) is 0.970. The summed E-state index contributed by atoms with van der Waals surface area (Å²) in [5, 5.41) is 12.7. The maximum absolute atomic E-state index is 11.7. The largest absolute Gasteiger partial charge is 0.396 e. The van der Waals surface area contributed by atoms with E-state index in [2.05, 4.69) is 5.32 Å². The average molecular weight is 268 g/mol. The topological polar surface area (TPSA) is 49.3 Å². The van der Waals surface area contributed by atoms with E-state index in [4.69, 9.17) is 16.7 Å². The average Bonchev–Trinajstić information content (AvgIpc) is 3.16. The first kappa shape index (κ1) is 13.4. The molecule has 0 atom stereocenters. The number of aliphatic hydroxyl groups excluding tert-OH is 1. The molecule has 1 saturated carbocycles. The number of carbonyl (C=O) groups excluding carboxylic acids is 1. The van der Waals surface area contributed by atoms with Crippen LogP contribution in [0.15, 0.2) is 24.3 Å². The molecule has 0 unspecified atom stereocenters. The van der Waals surface area contributed by atoms with Gasteiger partial charge in [0.1, 0.15) is 0 Å². The van der Waals surface area contributed by atoms with Gasteiger partial charge in [-0.15, -0.1) is 0 Å². The molecule has 0 aromatic heterocycles. The summed E-state index contributed by atoms with van der Waals surface area (Å²) >= 11 is 6.03. The number of halogens is 1. The summed E-state index contributed by atoms with van der Waals surface area (Å²) in [4.78, 5) is 11.7. The van der Waals surface area contributed by atoms with Crippen molar-refractivity contribution in [3.8, 4) is 0 Å². The number of amides is 1. The lowest BCUT2D eigenvalue weighted by Crippen LogP contribution is -2.31. The van der Waals surface area contributed by atoms with Crippen molar-refractivity contribution in [1.82, 2.24) is 5.32 Å². The molecule has 98 valence electrons. The van der Waals surface area contributed by atoms with Crippen molar-refractivity contribution < 1.29 is 9.90 Å². The van der Waals surface area contributed by atoms with Crippen LogP contribution in [0.5, 0.6) is 0 Å². The lowest BCUT2D eigenvalue weighted by atomic mass is 10.1. The zero-order chi connectivity index (χ0) is 13.0. The molecule has 3 nitrogen and oxygen atoms in total. The number of aliphatic hydroxyl groups is 1. The number of nitrogens with one attached hydrogen (secondary N) is 1. The summed E-state index contributed by atoms with van der Waals surface area (Å²) in [6.45, 7) is 0.753. The number of hydrogen-bond acceptors (Lipinski definition) is 2. The lowest BCUT2D eigenvalue weighted by Gasteiger charge is -2.12. The molecule has 0 spiro atoms. The smallest absolute Gasteiger partial charge is 0.220 e. The fourth-order valence-corrected chi connectivity index (χ4v) is 2.12. The van der Waals surface area contributed by atoms with Crippen LogP contribution in [-0.4, -0.2) is 24.2 Å². The maximum atomic E-state index is 11.7. The minimum Gasteiger partial charge on any atom is -0.396 e. The highest BCUT2D eigenvalue weighted by molar-refractivity contribution is 6.31. The zero-order valence-electron chi connectivity index (χ0n) is 10.3. The first-order valence-corrected chi connectivity index (χ1v) is 6.64. The number of benzene rings is 1. The SMILES string of the molecule is O=C(CCc1ccccc1Cl)NCC1(CO)CC1. The first-order chi connectivity index (χ1) is 8.65. The van der Waals surface area contributed by atoms with Gasteiger partial charge >= 0.3 is 0 Å². The minimum atomic E-state index is -0.0277. The molecule has 1 fully saturated rings. The predicted molar refractivity (Wildman–Crippen MR) is 71.5 cm³/mol. The van der Waals surface area contributed by atoms with Crippen molar-refractivity contribution in [2.75, 3.05) is 13.2 Å². The molecule has 0 aliphatic heterocycles. The molecule has 1 aromatic carbocycles. The van der Waals surface area contributed by atoms with Gasteiger partial charge in [0, 0.05) is 23.4 Å². The molecule has 0 heterocycles. The van der Waals surface area contributed by atoms with Crippen LogP contribution >= 0.6 is 11.6 Å². The van der Waals surface area contributed by atoms with Crippen LogP contribution in [0.4, 0.5) is 0 Å². The van der Waals surface area contributed by atoms with Gasteiger partial charge in [-0.25, -0.2) is 0 Å². The minimum absolute atomic E-state index is 0.0228. The fraction of sp³-hybridized carbons (Fsp3) is 0.500. The van der Waals surface area contributed by atoms with E-state index in [1.165, 1.54) is 0 Å². The van der Waals surface area contributed by atoms with Crippen LogP contribution in [0.1, 0.15) is 24.8 Å². The van der Waals surface area contributed by atoms with E-state index >= 15 is 0 Å². The number of hydrogen-bond donors (Lipinski definition) is 2. The summed E-state index contributed by atoms with van der Waals surface area (Å²) in [7, 11) is 0. The molecule has 1 aromatic rings. The van der Waals surface area contributed by atoms with E-state index in [0.717, 1.165) is 18.4 Å². The molecule has 2 N–H and O–H groups in total. The molecular weight excluding hydrogens is 250 g/mol. The van der Waals surface area contributed by atoms with E-state index in [-0.39, 0.29) is 17.9 Å². The lowest BCUT2D eigenvalue weighted by molar-refractivity contribution is -0.121. The molecule has 1 amide bonds. The third kappa shape index (κ3) is 3.47. The van der Waals surface area contributed by atoms with Crippen LogP contribution in [0.2, 0.25) is 5.02 Å². The van der Waals surface area contributed by atoms with Gasteiger partial charge in [0.15, 0.2) is 0 Å². The van der Waals surface area contributed by atoms with Gasteiger partial charge in [0.05, 0.1) is 6.61 Å². The van der Waals surface area contributed by atoms with Crippen LogP contribution in [0.25, 0.3) is 0 Å². The van der Waals surface area contributed by atoms with Crippen molar-refractivity contribution in [2.24, 2.45) is 5.41 Å². The van der Waals surface area contributed by atoms with E-state index in [0.29, 0.717) is 24.4 Å². The second-order valence-corrected chi connectivity index (χ2v) is 5.43. The molecule has 1 aliphatic rings. The van der Waals surface area contributed by atoms with Crippen LogP contribution in [0, 0.1) is 5.41 Å². The summed E-state index contributed by atoms with van der Waals surface area (Å²) in [6, 6.07) is 7.57. The first-order valence-electron chi connectivity index (χ1n) is 6.26. The standard InChI is InChI=1S/C14H18ClNO2/c15-12-4-2-1-3-11(12)5-6-13(18)16-9-14(10-17)7-8-14/h1-4,17H,5-10H2,(H,16,18). The van der Waals surface area contributed by atoms with Crippen molar-refractivity contribution >= 4 is 17.5 Å². The van der Waals surface area contributed by atoms with E-state index in [9.17, 15) is 4.79 Å². The van der Waals surface area contributed by atoms with Crippen LogP contribution < -0.4 is 5.32 Å². The quantitative estimate of drug-likeness (QED) is 0.830. The number of aryl methyl sites for hydroxylation is 1. The normalized spacial score (nSPS) is 16.3. The molecule has 0 saturated heterocycles. The van der Waals surface area contributed by atoms with Crippen molar-refractivity contribution in [3.05, 3.63) is 34.9 Å². The Morgan fingerprint density at radius 2 is 2.11 bits per heavy atom. The van der Waals surface area contributed by atoms with Gasteiger partial charge in [-0.3, -0.25) is 4.79 Å². The fourth-order valence-electron chi connectivity index (χ4n) is 1.89. The Morgan fingerprint density at radius 3 is 2.72 bits per heavy atom. The highest BCUT2D eigenvalue weighted by Gasteiger charge is 2.41.